The van der Waals surface area contributed by atoms with E-state index in [1.807, 2.05) is 0 Å². The minimum atomic E-state index is -4.96. The summed E-state index contributed by atoms with van der Waals surface area (Å²) >= 11 is 0. The van der Waals surface area contributed by atoms with Gasteiger partial charge in [-0.2, -0.15) is 5.26 Å². The lowest BCUT2D eigenvalue weighted by atomic mass is 10.2. The van der Waals surface area contributed by atoms with Crippen LogP contribution in [0.2, 0.25) is 0 Å². The number of carbonyl (C=O) groups is 1. The van der Waals surface area contributed by atoms with E-state index in [0.717, 1.165) is 6.20 Å². The largest absolute Gasteiger partial charge is 0.573 e. The van der Waals surface area contributed by atoms with Crippen molar-refractivity contribution in [1.29, 1.82) is 5.26 Å². The first-order valence-electron chi connectivity index (χ1n) is 4.70. The van der Waals surface area contributed by atoms with E-state index in [1.165, 1.54) is 13.0 Å². The van der Waals surface area contributed by atoms with Gasteiger partial charge in [-0.1, -0.05) is 0 Å². The molecule has 0 unspecified atom stereocenters. The quantitative estimate of drug-likeness (QED) is 0.777. The van der Waals surface area contributed by atoms with Crippen LogP contribution in [0, 0.1) is 11.3 Å². The Bertz CT molecular complexity index is 494. The summed E-state index contributed by atoms with van der Waals surface area (Å²) in [5.74, 6) is -1.68. The zero-order valence-corrected chi connectivity index (χ0v) is 9.11. The second-order valence-corrected chi connectivity index (χ2v) is 2.95. The Kier molecular flexibility index (Phi) is 4.09. The summed E-state index contributed by atoms with van der Waals surface area (Å²) in [6.07, 6.45) is -4.15. The van der Waals surface area contributed by atoms with Crippen LogP contribution in [0.3, 0.4) is 0 Å². The summed E-state index contributed by atoms with van der Waals surface area (Å²) in [6.45, 7) is 1.59. The second-order valence-electron chi connectivity index (χ2n) is 2.95. The van der Waals surface area contributed by atoms with Crippen LogP contribution in [-0.4, -0.2) is 23.9 Å². The van der Waals surface area contributed by atoms with Gasteiger partial charge in [0, 0.05) is 12.3 Å². The van der Waals surface area contributed by atoms with Crippen molar-refractivity contribution in [2.75, 3.05) is 6.61 Å². The van der Waals surface area contributed by atoms with E-state index in [-0.39, 0.29) is 12.3 Å². The van der Waals surface area contributed by atoms with Gasteiger partial charge < -0.3 is 9.47 Å². The van der Waals surface area contributed by atoms with Crippen LogP contribution in [0.25, 0.3) is 0 Å². The lowest BCUT2D eigenvalue weighted by Crippen LogP contribution is -2.18. The fourth-order valence-corrected chi connectivity index (χ4v) is 1.05. The van der Waals surface area contributed by atoms with Crippen molar-refractivity contribution in [1.82, 2.24) is 4.98 Å². The molecule has 0 bridgehead atoms. The highest BCUT2D eigenvalue weighted by Gasteiger charge is 2.32. The van der Waals surface area contributed by atoms with Crippen LogP contribution in [-0.2, 0) is 4.74 Å². The molecule has 5 nitrogen and oxygen atoms in total. The Labute approximate surface area is 99.8 Å². The number of nitrogens with zero attached hydrogens (tertiary/aromatic N) is 2. The molecule has 1 aromatic heterocycles. The first kappa shape index (κ1) is 13.8. The van der Waals surface area contributed by atoms with Gasteiger partial charge in [0.2, 0.25) is 0 Å². The van der Waals surface area contributed by atoms with Gasteiger partial charge in [-0.25, -0.2) is 9.78 Å². The normalized spacial score (nSPS) is 10.6. The van der Waals surface area contributed by atoms with Crippen LogP contribution in [0.4, 0.5) is 13.2 Å². The smallest absolute Gasteiger partial charge is 0.461 e. The van der Waals surface area contributed by atoms with Crippen LogP contribution >= 0.6 is 0 Å². The standard InChI is InChI=1S/C10H7F3N2O3/c1-2-17-9(16)7-3-8(18-10(11,12)13)6(4-14)5-15-7/h3,5H,2H2,1H3. The van der Waals surface area contributed by atoms with Crippen molar-refractivity contribution in [3.05, 3.63) is 23.5 Å². The molecule has 0 saturated carbocycles. The molecule has 0 saturated heterocycles. The van der Waals surface area contributed by atoms with Crippen molar-refractivity contribution in [3.8, 4) is 11.8 Å². The molecule has 18 heavy (non-hydrogen) atoms. The van der Waals surface area contributed by atoms with Gasteiger partial charge in [-0.3, -0.25) is 0 Å². The van der Waals surface area contributed by atoms with E-state index in [9.17, 15) is 18.0 Å². The Balaban J connectivity index is 3.10. The first-order valence-corrected chi connectivity index (χ1v) is 4.70. The number of pyridine rings is 1. The molecular weight excluding hydrogens is 253 g/mol. The monoisotopic (exact) mass is 260 g/mol. The maximum absolute atomic E-state index is 12.1. The third-order valence-electron chi connectivity index (χ3n) is 1.70. The number of carbonyl (C=O) groups excluding carboxylic acids is 1. The van der Waals surface area contributed by atoms with E-state index >= 15 is 0 Å². The SMILES string of the molecule is CCOC(=O)c1cc(OC(F)(F)F)c(C#N)cn1. The molecular formula is C10H7F3N2O3. The molecule has 0 aliphatic rings. The number of hydrogen-bond donors (Lipinski definition) is 0. The topological polar surface area (TPSA) is 72.2 Å². The molecule has 1 rings (SSSR count). The van der Waals surface area contributed by atoms with Gasteiger partial charge in [0.05, 0.1) is 6.61 Å². The number of ether oxygens (including phenoxy) is 2. The zero-order valence-electron chi connectivity index (χ0n) is 9.11. The van der Waals surface area contributed by atoms with Gasteiger partial charge in [0.15, 0.2) is 11.4 Å². The van der Waals surface area contributed by atoms with Gasteiger partial charge in [0.25, 0.3) is 0 Å². The van der Waals surface area contributed by atoms with Crippen LogP contribution in [0.15, 0.2) is 12.3 Å². The van der Waals surface area contributed by atoms with Gasteiger partial charge in [0.1, 0.15) is 11.6 Å². The molecule has 8 heteroatoms. The minimum Gasteiger partial charge on any atom is -0.461 e. The lowest BCUT2D eigenvalue weighted by Gasteiger charge is -2.10. The van der Waals surface area contributed by atoms with Crippen molar-refractivity contribution in [3.63, 3.8) is 0 Å². The van der Waals surface area contributed by atoms with Crippen LogP contribution in [0.5, 0.6) is 5.75 Å². The maximum atomic E-state index is 12.1. The molecule has 0 atom stereocenters. The van der Waals surface area contributed by atoms with Crippen molar-refractivity contribution in [2.45, 2.75) is 13.3 Å². The first-order chi connectivity index (χ1) is 8.37. The number of rotatable bonds is 3. The molecule has 0 aliphatic heterocycles. The maximum Gasteiger partial charge on any atom is 0.573 e. The molecule has 0 fully saturated rings. The number of alkyl halides is 3. The molecule has 1 aromatic rings. The van der Waals surface area contributed by atoms with Crippen molar-refractivity contribution >= 4 is 5.97 Å². The predicted octanol–water partition coefficient (Wildman–Crippen LogP) is 2.03. The fraction of sp³-hybridized carbons (Fsp3) is 0.300. The summed E-state index contributed by atoms with van der Waals surface area (Å²) in [5, 5.41) is 8.59. The van der Waals surface area contributed by atoms with Gasteiger partial charge >= 0.3 is 12.3 Å². The van der Waals surface area contributed by atoms with Crippen LogP contribution in [0.1, 0.15) is 23.0 Å². The summed E-state index contributed by atoms with van der Waals surface area (Å²) in [4.78, 5) is 14.8. The third kappa shape index (κ3) is 3.62. The number of hydrogen-bond acceptors (Lipinski definition) is 5. The van der Waals surface area contributed by atoms with Gasteiger partial charge in [-0.15, -0.1) is 13.2 Å². The lowest BCUT2D eigenvalue weighted by molar-refractivity contribution is -0.274. The summed E-state index contributed by atoms with van der Waals surface area (Å²) in [5.41, 5.74) is -0.796. The number of esters is 1. The highest BCUT2D eigenvalue weighted by molar-refractivity contribution is 5.87. The van der Waals surface area contributed by atoms with Crippen molar-refractivity contribution < 1.29 is 27.4 Å². The second kappa shape index (κ2) is 5.35. The van der Waals surface area contributed by atoms with Gasteiger partial charge in [-0.05, 0) is 6.92 Å². The summed E-state index contributed by atoms with van der Waals surface area (Å²) in [6, 6.07) is 2.19. The highest BCUT2D eigenvalue weighted by atomic mass is 19.4. The van der Waals surface area contributed by atoms with E-state index < -0.39 is 23.6 Å². The Morgan fingerprint density at radius 3 is 2.72 bits per heavy atom. The number of halogens is 3. The third-order valence-corrected chi connectivity index (χ3v) is 1.70. The molecule has 0 N–H and O–H groups in total. The molecule has 96 valence electrons. The molecule has 0 spiro atoms. The van der Waals surface area contributed by atoms with E-state index in [1.54, 1.807) is 0 Å². The Hall–Kier alpha value is -2.30. The molecule has 1 heterocycles. The molecule has 0 aliphatic carbocycles. The highest BCUT2D eigenvalue weighted by Crippen LogP contribution is 2.26. The minimum absolute atomic E-state index is 0.0516. The molecule has 0 amide bonds. The average Bonchev–Trinajstić information content (AvgIpc) is 2.27. The Morgan fingerprint density at radius 2 is 2.22 bits per heavy atom. The van der Waals surface area contributed by atoms with E-state index in [2.05, 4.69) is 14.5 Å². The summed E-state index contributed by atoms with van der Waals surface area (Å²) in [7, 11) is 0. The Morgan fingerprint density at radius 1 is 1.56 bits per heavy atom. The van der Waals surface area contributed by atoms with E-state index in [4.69, 9.17) is 5.26 Å². The average molecular weight is 260 g/mol. The summed E-state index contributed by atoms with van der Waals surface area (Å²) < 4.78 is 44.4. The van der Waals surface area contributed by atoms with Crippen LogP contribution < -0.4 is 4.74 Å². The zero-order chi connectivity index (χ0) is 13.8. The predicted molar refractivity (Wildman–Crippen MR) is 51.6 cm³/mol. The number of nitriles is 1. The van der Waals surface area contributed by atoms with E-state index in [0.29, 0.717) is 6.07 Å². The van der Waals surface area contributed by atoms with Crippen molar-refractivity contribution in [2.24, 2.45) is 0 Å². The number of aromatic nitrogens is 1. The fourth-order valence-electron chi connectivity index (χ4n) is 1.05. The molecule has 0 aromatic carbocycles. The molecule has 0 radical (unpaired) electrons.